The highest BCUT2D eigenvalue weighted by Crippen LogP contribution is 2.35. The molecule has 0 unspecified atom stereocenters. The number of nitrogens with one attached hydrogen (secondary N) is 1. The zero-order valence-corrected chi connectivity index (χ0v) is 8.86. The molecule has 1 saturated carbocycles. The Morgan fingerprint density at radius 2 is 2.08 bits per heavy atom. The summed E-state index contributed by atoms with van der Waals surface area (Å²) in [4.78, 5) is 4.71. The van der Waals surface area contributed by atoms with E-state index < -0.39 is 0 Å². The molecule has 0 aliphatic heterocycles. The summed E-state index contributed by atoms with van der Waals surface area (Å²) in [5.74, 6) is 0.776. The molecule has 1 aliphatic carbocycles. The zero-order valence-electron chi connectivity index (χ0n) is 7.22. The number of aryl methyl sites for hydroxylation is 1. The predicted molar refractivity (Wildman–Crippen MR) is 55.4 cm³/mol. The summed E-state index contributed by atoms with van der Waals surface area (Å²) in [7, 11) is 0. The molecule has 3 heteroatoms. The minimum atomic E-state index is 0.776. The van der Waals surface area contributed by atoms with E-state index in [9.17, 15) is 0 Å². The Balaban J connectivity index is 2.31. The van der Waals surface area contributed by atoms with E-state index in [0.29, 0.717) is 0 Å². The Hall–Kier alpha value is -0.150. The first kappa shape index (κ1) is 8.45. The van der Waals surface area contributed by atoms with Crippen LogP contribution in [-0.2, 0) is 0 Å². The van der Waals surface area contributed by atoms with Crippen molar-refractivity contribution in [1.82, 2.24) is 4.98 Å². The highest BCUT2D eigenvalue weighted by atomic mass is 32.1. The van der Waals surface area contributed by atoms with E-state index in [1.807, 2.05) is 0 Å². The zero-order chi connectivity index (χ0) is 8.55. The Labute approximate surface area is 81.8 Å². The van der Waals surface area contributed by atoms with E-state index in [0.717, 1.165) is 9.87 Å². The van der Waals surface area contributed by atoms with Crippen molar-refractivity contribution in [3.8, 4) is 0 Å². The van der Waals surface area contributed by atoms with Gasteiger partial charge in [-0.15, -0.1) is 11.3 Å². The highest BCUT2D eigenvalue weighted by Gasteiger charge is 2.19. The lowest BCUT2D eigenvalue weighted by Gasteiger charge is -2.06. The van der Waals surface area contributed by atoms with Gasteiger partial charge < -0.3 is 4.98 Å². The van der Waals surface area contributed by atoms with Crippen LogP contribution in [0.3, 0.4) is 0 Å². The van der Waals surface area contributed by atoms with E-state index in [1.54, 1.807) is 11.3 Å². The van der Waals surface area contributed by atoms with Crippen LogP contribution in [0.25, 0.3) is 0 Å². The van der Waals surface area contributed by atoms with Gasteiger partial charge in [-0.2, -0.15) is 0 Å². The summed E-state index contributed by atoms with van der Waals surface area (Å²) >= 11 is 6.83. The minimum absolute atomic E-state index is 0.776. The molecule has 2 rings (SSSR count). The van der Waals surface area contributed by atoms with Gasteiger partial charge in [-0.1, -0.05) is 12.8 Å². The summed E-state index contributed by atoms with van der Waals surface area (Å²) in [5, 5.41) is 0. The Bertz CT molecular complexity index is 318. The largest absolute Gasteiger partial charge is 0.340 e. The van der Waals surface area contributed by atoms with Crippen LogP contribution in [0.4, 0.5) is 0 Å². The maximum Gasteiger partial charge on any atom is 0.158 e. The molecule has 1 fully saturated rings. The molecule has 0 aromatic carbocycles. The van der Waals surface area contributed by atoms with E-state index in [-0.39, 0.29) is 0 Å². The lowest BCUT2D eigenvalue weighted by Crippen LogP contribution is -1.93. The topological polar surface area (TPSA) is 15.8 Å². The van der Waals surface area contributed by atoms with Gasteiger partial charge in [-0.3, -0.25) is 0 Å². The van der Waals surface area contributed by atoms with E-state index in [4.69, 9.17) is 12.2 Å². The normalized spacial score (nSPS) is 18.8. The SMILES string of the molecule is Cc1sc(=S)[nH]c1C1CCCC1. The maximum atomic E-state index is 5.12. The number of hydrogen-bond donors (Lipinski definition) is 1. The number of aromatic amines is 1. The second kappa shape index (κ2) is 3.30. The molecule has 0 spiro atoms. The first-order valence-corrected chi connectivity index (χ1v) is 5.69. The molecular formula is C9H13NS2. The van der Waals surface area contributed by atoms with E-state index in [1.165, 1.54) is 36.3 Å². The van der Waals surface area contributed by atoms with Gasteiger partial charge in [-0.25, -0.2) is 0 Å². The number of H-pyrrole nitrogens is 1. The molecule has 66 valence electrons. The monoisotopic (exact) mass is 199 g/mol. The third kappa shape index (κ3) is 1.48. The lowest BCUT2D eigenvalue weighted by molar-refractivity contribution is 0.697. The summed E-state index contributed by atoms with van der Waals surface area (Å²) in [5.41, 5.74) is 1.42. The third-order valence-corrected chi connectivity index (χ3v) is 3.79. The fourth-order valence-corrected chi connectivity index (χ4v) is 3.27. The van der Waals surface area contributed by atoms with Crippen molar-refractivity contribution in [3.63, 3.8) is 0 Å². The standard InChI is InChI=1S/C9H13NS2/c1-6-8(10-9(11)12-6)7-4-2-3-5-7/h7H,2-5H2,1H3,(H,10,11). The van der Waals surface area contributed by atoms with Gasteiger partial charge in [0, 0.05) is 16.5 Å². The van der Waals surface area contributed by atoms with Gasteiger partial charge in [0.15, 0.2) is 3.95 Å². The van der Waals surface area contributed by atoms with Crippen LogP contribution in [0, 0.1) is 10.9 Å². The Morgan fingerprint density at radius 3 is 2.58 bits per heavy atom. The van der Waals surface area contributed by atoms with Crippen molar-refractivity contribution in [1.29, 1.82) is 0 Å². The number of aromatic nitrogens is 1. The van der Waals surface area contributed by atoms with Gasteiger partial charge in [0.2, 0.25) is 0 Å². The van der Waals surface area contributed by atoms with Gasteiger partial charge in [-0.05, 0) is 32.0 Å². The number of hydrogen-bond acceptors (Lipinski definition) is 2. The minimum Gasteiger partial charge on any atom is -0.340 e. The van der Waals surface area contributed by atoms with Crippen molar-refractivity contribution in [2.75, 3.05) is 0 Å². The van der Waals surface area contributed by atoms with Crippen molar-refractivity contribution in [3.05, 3.63) is 14.5 Å². The Kier molecular flexibility index (Phi) is 2.33. The summed E-state index contributed by atoms with van der Waals surface area (Å²) in [6.07, 6.45) is 5.48. The van der Waals surface area contributed by atoms with Crippen molar-refractivity contribution in [2.24, 2.45) is 0 Å². The average molecular weight is 199 g/mol. The van der Waals surface area contributed by atoms with Crippen molar-refractivity contribution >= 4 is 23.6 Å². The molecule has 0 bridgehead atoms. The molecular weight excluding hydrogens is 186 g/mol. The Morgan fingerprint density at radius 1 is 1.42 bits per heavy atom. The second-order valence-corrected chi connectivity index (χ2v) is 5.36. The molecule has 1 heterocycles. The highest BCUT2D eigenvalue weighted by molar-refractivity contribution is 7.73. The first-order valence-electron chi connectivity index (χ1n) is 4.47. The molecule has 12 heavy (non-hydrogen) atoms. The first-order chi connectivity index (χ1) is 5.77. The lowest BCUT2D eigenvalue weighted by atomic mass is 10.0. The van der Waals surface area contributed by atoms with Gasteiger partial charge in [0.1, 0.15) is 0 Å². The van der Waals surface area contributed by atoms with E-state index >= 15 is 0 Å². The average Bonchev–Trinajstić information content (AvgIpc) is 2.58. The van der Waals surface area contributed by atoms with Gasteiger partial charge in [0.25, 0.3) is 0 Å². The third-order valence-electron chi connectivity index (χ3n) is 2.63. The summed E-state index contributed by atoms with van der Waals surface area (Å²) < 4.78 is 0.939. The molecule has 0 amide bonds. The number of rotatable bonds is 1. The maximum absolute atomic E-state index is 5.12. The van der Waals surface area contributed by atoms with Crippen LogP contribution in [0.5, 0.6) is 0 Å². The van der Waals surface area contributed by atoms with Crippen molar-refractivity contribution < 1.29 is 0 Å². The number of thiazole rings is 1. The van der Waals surface area contributed by atoms with Crippen LogP contribution >= 0.6 is 23.6 Å². The quantitative estimate of drug-likeness (QED) is 0.681. The van der Waals surface area contributed by atoms with E-state index in [2.05, 4.69) is 11.9 Å². The summed E-state index contributed by atoms with van der Waals surface area (Å²) in [6, 6.07) is 0. The summed E-state index contributed by atoms with van der Waals surface area (Å²) in [6.45, 7) is 2.17. The van der Waals surface area contributed by atoms with Crippen LogP contribution in [0.1, 0.15) is 42.2 Å². The molecule has 1 aromatic rings. The molecule has 0 atom stereocenters. The molecule has 1 aromatic heterocycles. The van der Waals surface area contributed by atoms with Gasteiger partial charge in [0.05, 0.1) is 0 Å². The molecule has 1 aliphatic rings. The van der Waals surface area contributed by atoms with Crippen LogP contribution < -0.4 is 0 Å². The van der Waals surface area contributed by atoms with Crippen LogP contribution in [0.15, 0.2) is 0 Å². The van der Waals surface area contributed by atoms with Crippen LogP contribution in [0.2, 0.25) is 0 Å². The molecule has 0 saturated heterocycles. The smallest absolute Gasteiger partial charge is 0.158 e. The van der Waals surface area contributed by atoms with Gasteiger partial charge >= 0.3 is 0 Å². The second-order valence-electron chi connectivity index (χ2n) is 3.47. The fourth-order valence-electron chi connectivity index (χ4n) is 2.02. The molecule has 1 nitrogen and oxygen atoms in total. The molecule has 1 N–H and O–H groups in total. The fraction of sp³-hybridized carbons (Fsp3) is 0.667. The molecule has 0 radical (unpaired) electrons. The predicted octanol–water partition coefficient (Wildman–Crippen LogP) is 3.77. The van der Waals surface area contributed by atoms with Crippen molar-refractivity contribution in [2.45, 2.75) is 38.5 Å². The van der Waals surface area contributed by atoms with Crippen LogP contribution in [-0.4, -0.2) is 4.98 Å².